The quantitative estimate of drug-likeness (QED) is 0.545. The lowest BCUT2D eigenvalue weighted by Crippen LogP contribution is -2.60. The molecule has 2 heterocycles. The van der Waals surface area contributed by atoms with Crippen LogP contribution in [0.2, 0.25) is 0 Å². The minimum absolute atomic E-state index is 0.213. The van der Waals surface area contributed by atoms with Crippen molar-refractivity contribution in [2.45, 2.75) is 44.8 Å². The van der Waals surface area contributed by atoms with Gasteiger partial charge in [-0.05, 0) is 11.6 Å². The molecule has 1 aromatic carbocycles. The van der Waals surface area contributed by atoms with Crippen LogP contribution < -0.4 is 9.30 Å². The van der Waals surface area contributed by atoms with E-state index < -0.39 is 28.9 Å². The smallest absolute Gasteiger partial charge is 0.422 e. The molecule has 0 aliphatic carbocycles. The van der Waals surface area contributed by atoms with E-state index in [1.807, 2.05) is 13.8 Å². The van der Waals surface area contributed by atoms with Gasteiger partial charge in [0.05, 0.1) is 18.7 Å². The molecule has 0 unspecified atom stereocenters. The van der Waals surface area contributed by atoms with E-state index in [1.54, 1.807) is 16.8 Å². The van der Waals surface area contributed by atoms with Crippen LogP contribution in [0, 0.1) is 11.6 Å². The summed E-state index contributed by atoms with van der Waals surface area (Å²) in [5.41, 5.74) is -2.03. The highest BCUT2D eigenvalue weighted by atomic mass is 19.4. The summed E-state index contributed by atoms with van der Waals surface area (Å²) >= 11 is 0. The lowest BCUT2D eigenvalue weighted by Gasteiger charge is -2.33. The first-order valence-electron chi connectivity index (χ1n) is 8.37. The van der Waals surface area contributed by atoms with Crippen molar-refractivity contribution in [3.05, 3.63) is 47.2 Å². The topological polar surface area (TPSA) is 13.1 Å². The van der Waals surface area contributed by atoms with Crippen molar-refractivity contribution in [1.82, 2.24) is 0 Å². The number of fused-ring (bicyclic) bond motifs is 3. The molecule has 1 aromatic heterocycles. The third-order valence-corrected chi connectivity index (χ3v) is 5.35. The van der Waals surface area contributed by atoms with Gasteiger partial charge in [-0.25, -0.2) is 8.78 Å². The van der Waals surface area contributed by atoms with Gasteiger partial charge in [-0.3, -0.25) is 0 Å². The Morgan fingerprint density at radius 1 is 1.15 bits per heavy atom. The first-order chi connectivity index (χ1) is 12.2. The lowest BCUT2D eigenvalue weighted by atomic mass is 9.78. The van der Waals surface area contributed by atoms with Gasteiger partial charge in [0.15, 0.2) is 17.6 Å². The van der Waals surface area contributed by atoms with E-state index in [0.717, 1.165) is 6.07 Å². The predicted molar refractivity (Wildman–Crippen MR) is 85.8 cm³/mol. The van der Waals surface area contributed by atoms with Crippen LogP contribution >= 0.6 is 0 Å². The Morgan fingerprint density at radius 2 is 1.81 bits per heavy atom. The highest BCUT2D eigenvalue weighted by Gasteiger charge is 2.48. The van der Waals surface area contributed by atoms with Gasteiger partial charge >= 0.3 is 6.18 Å². The number of rotatable bonds is 3. The number of hydrogen-bond donors (Lipinski definition) is 0. The molecule has 0 radical (unpaired) electrons. The average molecular weight is 372 g/mol. The zero-order chi connectivity index (χ0) is 19.3. The van der Waals surface area contributed by atoms with Crippen LogP contribution in [-0.2, 0) is 18.1 Å². The van der Waals surface area contributed by atoms with E-state index in [4.69, 9.17) is 4.74 Å². The summed E-state index contributed by atoms with van der Waals surface area (Å²) in [6, 6.07) is 4.00. The Balaban J connectivity index is 2.40. The van der Waals surface area contributed by atoms with Crippen LogP contribution in [-0.4, -0.2) is 7.11 Å². The molecule has 140 valence electrons. The summed E-state index contributed by atoms with van der Waals surface area (Å²) in [4.78, 5) is 0. The van der Waals surface area contributed by atoms with Gasteiger partial charge in [-0.1, -0.05) is 13.8 Å². The molecule has 1 aliphatic rings. The fraction of sp³-hybridized carbons (Fsp3) is 0.421. The SMILES string of the molecule is CCC1(CC)Cc2cc(F)c(C(F)(F)F)c(F)c2-c2cc(OC)cc[n+]21. The fourth-order valence-corrected chi connectivity index (χ4v) is 3.84. The molecule has 0 bridgehead atoms. The number of alkyl halides is 3. The third-order valence-electron chi connectivity index (χ3n) is 5.35. The summed E-state index contributed by atoms with van der Waals surface area (Å²) in [5, 5.41) is 0. The Hall–Kier alpha value is -2.18. The van der Waals surface area contributed by atoms with Gasteiger partial charge < -0.3 is 4.74 Å². The van der Waals surface area contributed by atoms with Crippen LogP contribution in [0.15, 0.2) is 24.4 Å². The van der Waals surface area contributed by atoms with Gasteiger partial charge in [0.25, 0.3) is 0 Å². The Bertz CT molecular complexity index is 856. The van der Waals surface area contributed by atoms with Crippen molar-refractivity contribution >= 4 is 0 Å². The summed E-state index contributed by atoms with van der Waals surface area (Å²) in [7, 11) is 1.42. The zero-order valence-corrected chi connectivity index (χ0v) is 14.7. The Morgan fingerprint density at radius 3 is 2.35 bits per heavy atom. The van der Waals surface area contributed by atoms with Crippen LogP contribution in [0.25, 0.3) is 11.3 Å². The van der Waals surface area contributed by atoms with Gasteiger partial charge in [-0.15, -0.1) is 0 Å². The maximum atomic E-state index is 14.9. The highest BCUT2D eigenvalue weighted by molar-refractivity contribution is 5.66. The van der Waals surface area contributed by atoms with Crippen molar-refractivity contribution in [2.75, 3.05) is 7.11 Å². The molecular weight excluding hydrogens is 353 g/mol. The van der Waals surface area contributed by atoms with E-state index in [-0.39, 0.29) is 23.2 Å². The van der Waals surface area contributed by atoms with Crippen molar-refractivity contribution in [3.63, 3.8) is 0 Å². The fourth-order valence-electron chi connectivity index (χ4n) is 3.84. The molecular formula is C19H19F5NO+. The molecule has 0 saturated heterocycles. The van der Waals surface area contributed by atoms with Crippen LogP contribution in [0.4, 0.5) is 22.0 Å². The average Bonchev–Trinajstić information content (AvgIpc) is 2.58. The predicted octanol–water partition coefficient (Wildman–Crippen LogP) is 5.02. The summed E-state index contributed by atoms with van der Waals surface area (Å²) < 4.78 is 75.5. The number of ether oxygens (including phenoxy) is 1. The van der Waals surface area contributed by atoms with Crippen molar-refractivity contribution in [3.8, 4) is 17.0 Å². The largest absolute Gasteiger partial charge is 0.496 e. The molecule has 0 N–H and O–H groups in total. The summed E-state index contributed by atoms with van der Waals surface area (Å²) in [5.74, 6) is -2.76. The number of hydrogen-bond acceptors (Lipinski definition) is 1. The van der Waals surface area contributed by atoms with Gasteiger partial charge in [-0.2, -0.15) is 17.7 Å². The number of pyridine rings is 1. The maximum Gasteiger partial charge on any atom is 0.422 e. The first-order valence-corrected chi connectivity index (χ1v) is 8.37. The van der Waals surface area contributed by atoms with E-state index in [9.17, 15) is 22.0 Å². The second kappa shape index (κ2) is 6.21. The second-order valence-electron chi connectivity index (χ2n) is 6.51. The number of aromatic nitrogens is 1. The normalized spacial score (nSPS) is 15.4. The van der Waals surface area contributed by atoms with Gasteiger partial charge in [0, 0.05) is 25.3 Å². The molecule has 3 rings (SSSR count). The van der Waals surface area contributed by atoms with E-state index in [0.29, 0.717) is 18.6 Å². The number of benzene rings is 1. The number of halogens is 5. The van der Waals surface area contributed by atoms with Crippen molar-refractivity contribution < 1.29 is 31.3 Å². The van der Waals surface area contributed by atoms with Gasteiger partial charge in [0.2, 0.25) is 5.69 Å². The molecule has 0 spiro atoms. The number of methoxy groups -OCH3 is 1. The van der Waals surface area contributed by atoms with E-state index >= 15 is 0 Å². The van der Waals surface area contributed by atoms with E-state index in [2.05, 4.69) is 0 Å². The van der Waals surface area contributed by atoms with E-state index in [1.165, 1.54) is 13.2 Å². The molecule has 0 atom stereocenters. The molecule has 7 heteroatoms. The zero-order valence-electron chi connectivity index (χ0n) is 14.7. The highest BCUT2D eigenvalue weighted by Crippen LogP contribution is 2.43. The maximum absolute atomic E-state index is 14.9. The molecule has 0 saturated carbocycles. The standard InChI is InChI=1S/C19H19F5NO/c1-4-18(5-2)10-11-8-13(20)16(19(22,23)24)17(21)15(11)14-9-12(26-3)6-7-25(14)18/h6-9H,4-5,10H2,1-3H3/q+1. The minimum atomic E-state index is -5.11. The first kappa shape index (κ1) is 18.6. The van der Waals surface area contributed by atoms with Crippen molar-refractivity contribution in [1.29, 1.82) is 0 Å². The molecule has 2 nitrogen and oxygen atoms in total. The Labute approximate surface area is 148 Å². The monoisotopic (exact) mass is 372 g/mol. The second-order valence-corrected chi connectivity index (χ2v) is 6.51. The molecule has 26 heavy (non-hydrogen) atoms. The molecule has 2 aromatic rings. The van der Waals surface area contributed by atoms with Crippen LogP contribution in [0.3, 0.4) is 0 Å². The van der Waals surface area contributed by atoms with Crippen molar-refractivity contribution in [2.24, 2.45) is 0 Å². The number of nitrogens with zero attached hydrogens (tertiary/aromatic N) is 1. The van der Waals surface area contributed by atoms with Gasteiger partial charge in [0.1, 0.15) is 17.1 Å². The molecule has 0 amide bonds. The summed E-state index contributed by atoms with van der Waals surface area (Å²) in [6.07, 6.45) is -1.84. The molecule has 1 aliphatic heterocycles. The summed E-state index contributed by atoms with van der Waals surface area (Å²) in [6.45, 7) is 3.90. The minimum Gasteiger partial charge on any atom is -0.496 e. The molecule has 0 fully saturated rings. The lowest BCUT2D eigenvalue weighted by molar-refractivity contribution is -0.758. The van der Waals surface area contributed by atoms with Crippen LogP contribution in [0.5, 0.6) is 5.75 Å². The van der Waals surface area contributed by atoms with Crippen LogP contribution in [0.1, 0.15) is 37.8 Å². The third kappa shape index (κ3) is 2.64. The Kier molecular flexibility index (Phi) is 4.45.